The zero-order valence-corrected chi connectivity index (χ0v) is 16.9. The second-order valence-corrected chi connectivity index (χ2v) is 8.41. The van der Waals surface area contributed by atoms with Gasteiger partial charge in [-0.15, -0.1) is 0 Å². The summed E-state index contributed by atoms with van der Waals surface area (Å²) in [5.41, 5.74) is 0.774. The van der Waals surface area contributed by atoms with Crippen molar-refractivity contribution in [1.29, 1.82) is 0 Å². The molecule has 3 rings (SSSR count). The first-order chi connectivity index (χ1) is 13.0. The Bertz CT molecular complexity index is 615. The smallest absolute Gasteiger partial charge is 0.222 e. The van der Waals surface area contributed by atoms with Gasteiger partial charge in [0, 0.05) is 38.2 Å². The quantitative estimate of drug-likeness (QED) is 0.763. The van der Waals surface area contributed by atoms with Crippen LogP contribution in [-0.2, 0) is 11.3 Å². The number of halogens is 1. The Morgan fingerprint density at radius 2 is 1.93 bits per heavy atom. The first-order valence-electron chi connectivity index (χ1n) is 10.4. The van der Waals surface area contributed by atoms with Gasteiger partial charge in [-0.3, -0.25) is 9.69 Å². The number of nitrogens with zero attached hydrogens (tertiary/aromatic N) is 3. The standard InChI is InChI=1S/C22H34FN3O/c1-24-14-11-20(12-15-24)25(2)22(27)10-9-18-6-5-13-26(16-18)17-19-7-3-4-8-21(19)23/h3-4,7-8,18,20H,5-6,9-17H2,1-2H3. The minimum atomic E-state index is -0.116. The van der Waals surface area contributed by atoms with Gasteiger partial charge in [-0.1, -0.05) is 18.2 Å². The summed E-state index contributed by atoms with van der Waals surface area (Å²) in [5.74, 6) is 0.714. The number of carbonyl (C=O) groups is 1. The van der Waals surface area contributed by atoms with Crippen molar-refractivity contribution >= 4 is 5.91 Å². The molecule has 2 aliphatic heterocycles. The van der Waals surface area contributed by atoms with Crippen LogP contribution >= 0.6 is 0 Å². The number of piperidine rings is 2. The predicted molar refractivity (Wildman–Crippen MR) is 107 cm³/mol. The second-order valence-electron chi connectivity index (χ2n) is 8.41. The van der Waals surface area contributed by atoms with E-state index >= 15 is 0 Å². The molecule has 1 aromatic rings. The van der Waals surface area contributed by atoms with E-state index in [1.54, 1.807) is 6.07 Å². The third-order valence-corrected chi connectivity index (χ3v) is 6.35. The van der Waals surface area contributed by atoms with E-state index in [1.807, 2.05) is 24.1 Å². The number of carbonyl (C=O) groups excluding carboxylic acids is 1. The number of hydrogen-bond acceptors (Lipinski definition) is 3. The van der Waals surface area contributed by atoms with Gasteiger partial charge >= 0.3 is 0 Å². The first kappa shape index (κ1) is 20.3. The Labute approximate surface area is 163 Å². The maximum atomic E-state index is 13.9. The molecule has 0 bridgehead atoms. The van der Waals surface area contributed by atoms with Crippen LogP contribution in [0.15, 0.2) is 24.3 Å². The van der Waals surface area contributed by atoms with Gasteiger partial charge < -0.3 is 9.80 Å². The van der Waals surface area contributed by atoms with Crippen molar-refractivity contribution in [2.45, 2.75) is 51.1 Å². The summed E-state index contributed by atoms with van der Waals surface area (Å²) in [5, 5.41) is 0. The normalized spacial score (nSPS) is 22.7. The third kappa shape index (κ3) is 5.76. The zero-order valence-electron chi connectivity index (χ0n) is 16.9. The Morgan fingerprint density at radius 3 is 2.67 bits per heavy atom. The molecular formula is C22H34FN3O. The molecular weight excluding hydrogens is 341 g/mol. The predicted octanol–water partition coefficient (Wildman–Crippen LogP) is 3.37. The molecule has 0 spiro atoms. The van der Waals surface area contributed by atoms with Crippen molar-refractivity contribution in [3.8, 4) is 0 Å². The van der Waals surface area contributed by atoms with Crippen LogP contribution in [0.25, 0.3) is 0 Å². The highest BCUT2D eigenvalue weighted by atomic mass is 19.1. The van der Waals surface area contributed by atoms with Gasteiger partial charge in [0.1, 0.15) is 5.82 Å². The SMILES string of the molecule is CN1CCC(N(C)C(=O)CCC2CCCN(Cc3ccccc3F)C2)CC1. The first-order valence-corrected chi connectivity index (χ1v) is 10.4. The van der Waals surface area contributed by atoms with E-state index in [2.05, 4.69) is 16.8 Å². The van der Waals surface area contributed by atoms with Gasteiger partial charge in [0.15, 0.2) is 0 Å². The van der Waals surface area contributed by atoms with Crippen LogP contribution in [0.4, 0.5) is 4.39 Å². The highest BCUT2D eigenvalue weighted by molar-refractivity contribution is 5.76. The fraction of sp³-hybridized carbons (Fsp3) is 0.682. The molecule has 0 N–H and O–H groups in total. The topological polar surface area (TPSA) is 26.8 Å². The van der Waals surface area contributed by atoms with Gasteiger partial charge in [0.25, 0.3) is 0 Å². The number of amides is 1. The summed E-state index contributed by atoms with van der Waals surface area (Å²) in [6, 6.07) is 7.45. The van der Waals surface area contributed by atoms with Gasteiger partial charge in [0.05, 0.1) is 0 Å². The van der Waals surface area contributed by atoms with Crippen molar-refractivity contribution in [1.82, 2.24) is 14.7 Å². The Balaban J connectivity index is 1.43. The minimum Gasteiger partial charge on any atom is -0.343 e. The maximum Gasteiger partial charge on any atom is 0.222 e. The van der Waals surface area contributed by atoms with E-state index < -0.39 is 0 Å². The van der Waals surface area contributed by atoms with E-state index in [0.717, 1.165) is 57.4 Å². The van der Waals surface area contributed by atoms with Crippen LogP contribution in [0.1, 0.15) is 44.1 Å². The minimum absolute atomic E-state index is 0.116. The summed E-state index contributed by atoms with van der Waals surface area (Å²) in [6.07, 6.45) is 6.07. The Morgan fingerprint density at radius 1 is 1.19 bits per heavy atom. The molecule has 0 saturated carbocycles. The summed E-state index contributed by atoms with van der Waals surface area (Å²) < 4.78 is 13.9. The molecule has 0 aromatic heterocycles. The van der Waals surface area contributed by atoms with Crippen LogP contribution < -0.4 is 0 Å². The van der Waals surface area contributed by atoms with Crippen LogP contribution in [0.2, 0.25) is 0 Å². The van der Waals surface area contributed by atoms with E-state index in [9.17, 15) is 9.18 Å². The Kier molecular flexibility index (Phi) is 7.25. The van der Waals surface area contributed by atoms with Gasteiger partial charge in [-0.25, -0.2) is 4.39 Å². The third-order valence-electron chi connectivity index (χ3n) is 6.35. The lowest BCUT2D eigenvalue weighted by Crippen LogP contribution is -2.44. The molecule has 4 nitrogen and oxygen atoms in total. The van der Waals surface area contributed by atoms with E-state index in [4.69, 9.17) is 0 Å². The zero-order chi connectivity index (χ0) is 19.2. The molecule has 1 aromatic carbocycles. The maximum absolute atomic E-state index is 13.9. The van der Waals surface area contributed by atoms with Crippen molar-refractivity contribution < 1.29 is 9.18 Å². The van der Waals surface area contributed by atoms with Crippen molar-refractivity contribution in [3.63, 3.8) is 0 Å². The molecule has 27 heavy (non-hydrogen) atoms. The van der Waals surface area contributed by atoms with E-state index in [0.29, 0.717) is 24.9 Å². The molecule has 2 heterocycles. The van der Waals surface area contributed by atoms with Crippen LogP contribution in [0.3, 0.4) is 0 Å². The van der Waals surface area contributed by atoms with Crippen LogP contribution in [-0.4, -0.2) is 66.9 Å². The van der Waals surface area contributed by atoms with Crippen molar-refractivity contribution in [3.05, 3.63) is 35.6 Å². The average Bonchev–Trinajstić information content (AvgIpc) is 2.68. The van der Waals surface area contributed by atoms with Crippen LogP contribution in [0.5, 0.6) is 0 Å². The largest absolute Gasteiger partial charge is 0.343 e. The monoisotopic (exact) mass is 375 g/mol. The summed E-state index contributed by atoms with van der Waals surface area (Å²) >= 11 is 0. The van der Waals surface area contributed by atoms with Gasteiger partial charge in [-0.05, 0) is 70.8 Å². The Hall–Kier alpha value is -1.46. The summed E-state index contributed by atoms with van der Waals surface area (Å²) in [6.45, 7) is 4.83. The number of likely N-dealkylation sites (tertiary alicyclic amines) is 2. The molecule has 2 aliphatic rings. The number of benzene rings is 1. The summed E-state index contributed by atoms with van der Waals surface area (Å²) in [4.78, 5) is 19.3. The lowest BCUT2D eigenvalue weighted by atomic mass is 9.92. The molecule has 1 unspecified atom stereocenters. The molecule has 5 heteroatoms. The van der Waals surface area contributed by atoms with Gasteiger partial charge in [0.2, 0.25) is 5.91 Å². The van der Waals surface area contributed by atoms with Crippen molar-refractivity contribution in [2.24, 2.45) is 5.92 Å². The van der Waals surface area contributed by atoms with Crippen LogP contribution in [0, 0.1) is 11.7 Å². The van der Waals surface area contributed by atoms with E-state index in [1.165, 1.54) is 12.5 Å². The highest BCUT2D eigenvalue weighted by Gasteiger charge is 2.26. The molecule has 2 saturated heterocycles. The molecule has 2 fully saturated rings. The highest BCUT2D eigenvalue weighted by Crippen LogP contribution is 2.24. The average molecular weight is 376 g/mol. The number of hydrogen-bond donors (Lipinski definition) is 0. The molecule has 150 valence electrons. The summed E-state index contributed by atoms with van der Waals surface area (Å²) in [7, 11) is 4.12. The fourth-order valence-electron chi connectivity index (χ4n) is 4.49. The molecule has 1 amide bonds. The number of rotatable bonds is 6. The molecule has 1 atom stereocenters. The second kappa shape index (κ2) is 9.65. The van der Waals surface area contributed by atoms with Crippen molar-refractivity contribution in [2.75, 3.05) is 40.3 Å². The lowest BCUT2D eigenvalue weighted by Gasteiger charge is -2.36. The molecule has 0 aliphatic carbocycles. The van der Waals surface area contributed by atoms with E-state index in [-0.39, 0.29) is 11.7 Å². The lowest BCUT2D eigenvalue weighted by molar-refractivity contribution is -0.133. The fourth-order valence-corrected chi connectivity index (χ4v) is 4.49. The van der Waals surface area contributed by atoms with Gasteiger partial charge in [-0.2, -0.15) is 0 Å². The molecule has 0 radical (unpaired) electrons.